The van der Waals surface area contributed by atoms with E-state index in [1.807, 2.05) is 0 Å². The zero-order valence-electron chi connectivity index (χ0n) is 10.6. The Hall–Kier alpha value is -0.0800. The molecule has 1 aliphatic carbocycles. The molecule has 0 aromatic rings. The molecule has 0 aromatic carbocycles. The third-order valence-corrected chi connectivity index (χ3v) is 2.96. The highest BCUT2D eigenvalue weighted by Gasteiger charge is 2.22. The SMILES string of the molecule is CC(C)CCOCCNC(C)CC1CC1. The van der Waals surface area contributed by atoms with Crippen molar-refractivity contribution in [1.29, 1.82) is 0 Å². The van der Waals surface area contributed by atoms with Crippen molar-refractivity contribution in [3.05, 3.63) is 0 Å². The zero-order chi connectivity index (χ0) is 11.1. The Labute approximate surface area is 94.8 Å². The molecule has 1 unspecified atom stereocenters. The molecular formula is C13H27NO. The standard InChI is InChI=1S/C13H27NO/c1-11(2)6-8-15-9-7-14-12(3)10-13-4-5-13/h11-14H,4-10H2,1-3H3. The van der Waals surface area contributed by atoms with Crippen molar-refractivity contribution < 1.29 is 4.74 Å². The third kappa shape index (κ3) is 7.80. The van der Waals surface area contributed by atoms with Crippen molar-refractivity contribution in [2.45, 2.75) is 52.5 Å². The van der Waals surface area contributed by atoms with E-state index >= 15 is 0 Å². The Balaban J connectivity index is 1.79. The van der Waals surface area contributed by atoms with Crippen LogP contribution in [0, 0.1) is 11.8 Å². The summed E-state index contributed by atoms with van der Waals surface area (Å²) in [6.45, 7) is 9.54. The summed E-state index contributed by atoms with van der Waals surface area (Å²) in [5.41, 5.74) is 0. The van der Waals surface area contributed by atoms with Gasteiger partial charge < -0.3 is 10.1 Å². The van der Waals surface area contributed by atoms with E-state index in [2.05, 4.69) is 26.1 Å². The number of rotatable bonds is 9. The highest BCUT2D eigenvalue weighted by molar-refractivity contribution is 4.77. The van der Waals surface area contributed by atoms with E-state index in [-0.39, 0.29) is 0 Å². The van der Waals surface area contributed by atoms with Gasteiger partial charge in [-0.1, -0.05) is 26.7 Å². The average Bonchev–Trinajstić information content (AvgIpc) is 2.94. The molecule has 0 spiro atoms. The second kappa shape index (κ2) is 7.24. The van der Waals surface area contributed by atoms with Gasteiger partial charge >= 0.3 is 0 Å². The fourth-order valence-corrected chi connectivity index (χ4v) is 1.74. The highest BCUT2D eigenvalue weighted by atomic mass is 16.5. The molecule has 1 aliphatic rings. The van der Waals surface area contributed by atoms with Gasteiger partial charge in [0.05, 0.1) is 6.61 Å². The fourth-order valence-electron chi connectivity index (χ4n) is 1.74. The fraction of sp³-hybridized carbons (Fsp3) is 1.00. The van der Waals surface area contributed by atoms with Crippen LogP contribution in [0.1, 0.15) is 46.5 Å². The van der Waals surface area contributed by atoms with Crippen LogP contribution < -0.4 is 5.32 Å². The molecule has 15 heavy (non-hydrogen) atoms. The largest absolute Gasteiger partial charge is 0.380 e. The van der Waals surface area contributed by atoms with E-state index < -0.39 is 0 Å². The van der Waals surface area contributed by atoms with Crippen LogP contribution in [0.5, 0.6) is 0 Å². The molecular weight excluding hydrogens is 186 g/mol. The van der Waals surface area contributed by atoms with E-state index in [4.69, 9.17) is 4.74 Å². The van der Waals surface area contributed by atoms with Crippen molar-refractivity contribution >= 4 is 0 Å². The lowest BCUT2D eigenvalue weighted by atomic mass is 10.1. The van der Waals surface area contributed by atoms with Crippen LogP contribution in [-0.4, -0.2) is 25.8 Å². The van der Waals surface area contributed by atoms with E-state index in [9.17, 15) is 0 Å². The van der Waals surface area contributed by atoms with Gasteiger partial charge in [0.2, 0.25) is 0 Å². The molecule has 2 heteroatoms. The van der Waals surface area contributed by atoms with Crippen LogP contribution in [0.15, 0.2) is 0 Å². The molecule has 1 N–H and O–H groups in total. The lowest BCUT2D eigenvalue weighted by Gasteiger charge is -2.13. The van der Waals surface area contributed by atoms with Crippen LogP contribution in [0.2, 0.25) is 0 Å². The van der Waals surface area contributed by atoms with Gasteiger partial charge in [-0.25, -0.2) is 0 Å². The molecule has 90 valence electrons. The molecule has 1 rings (SSSR count). The van der Waals surface area contributed by atoms with E-state index in [0.29, 0.717) is 6.04 Å². The van der Waals surface area contributed by atoms with Gasteiger partial charge in [0.15, 0.2) is 0 Å². The average molecular weight is 213 g/mol. The second-order valence-electron chi connectivity index (χ2n) is 5.33. The molecule has 0 bridgehead atoms. The Kier molecular flexibility index (Phi) is 6.26. The Morgan fingerprint density at radius 2 is 1.93 bits per heavy atom. The van der Waals surface area contributed by atoms with Crippen molar-refractivity contribution in [2.75, 3.05) is 19.8 Å². The molecule has 2 nitrogen and oxygen atoms in total. The summed E-state index contributed by atoms with van der Waals surface area (Å²) in [4.78, 5) is 0. The molecule has 0 aliphatic heterocycles. The van der Waals surface area contributed by atoms with Gasteiger partial charge in [0, 0.05) is 19.2 Å². The summed E-state index contributed by atoms with van der Waals surface area (Å²) in [6, 6.07) is 0.672. The maximum Gasteiger partial charge on any atom is 0.0591 e. The smallest absolute Gasteiger partial charge is 0.0591 e. The quantitative estimate of drug-likeness (QED) is 0.595. The molecule has 1 saturated carbocycles. The molecule has 0 aromatic heterocycles. The number of hydrogen-bond donors (Lipinski definition) is 1. The third-order valence-electron chi connectivity index (χ3n) is 2.96. The lowest BCUT2D eigenvalue weighted by Crippen LogP contribution is -2.30. The maximum absolute atomic E-state index is 5.55. The van der Waals surface area contributed by atoms with Crippen LogP contribution in [0.25, 0.3) is 0 Å². The first-order valence-corrected chi connectivity index (χ1v) is 6.49. The van der Waals surface area contributed by atoms with E-state index in [0.717, 1.165) is 31.6 Å². The molecule has 0 radical (unpaired) electrons. The number of hydrogen-bond acceptors (Lipinski definition) is 2. The molecule has 0 saturated heterocycles. The Morgan fingerprint density at radius 1 is 1.20 bits per heavy atom. The monoisotopic (exact) mass is 213 g/mol. The summed E-state index contributed by atoms with van der Waals surface area (Å²) in [6.07, 6.45) is 5.44. The highest BCUT2D eigenvalue weighted by Crippen LogP contribution is 2.33. The predicted octanol–water partition coefficient (Wildman–Crippen LogP) is 2.83. The molecule has 0 heterocycles. The molecule has 1 fully saturated rings. The zero-order valence-corrected chi connectivity index (χ0v) is 10.6. The summed E-state index contributed by atoms with van der Waals surface area (Å²) in [7, 11) is 0. The summed E-state index contributed by atoms with van der Waals surface area (Å²) < 4.78 is 5.55. The molecule has 0 amide bonds. The summed E-state index contributed by atoms with van der Waals surface area (Å²) in [5, 5.41) is 3.52. The van der Waals surface area contributed by atoms with Gasteiger partial charge in [-0.05, 0) is 31.6 Å². The maximum atomic E-state index is 5.55. The van der Waals surface area contributed by atoms with Gasteiger partial charge in [-0.15, -0.1) is 0 Å². The normalized spacial score (nSPS) is 18.4. The van der Waals surface area contributed by atoms with Crippen LogP contribution in [0.3, 0.4) is 0 Å². The van der Waals surface area contributed by atoms with Crippen molar-refractivity contribution in [3.63, 3.8) is 0 Å². The van der Waals surface area contributed by atoms with Crippen molar-refractivity contribution in [3.8, 4) is 0 Å². The predicted molar refractivity (Wildman–Crippen MR) is 65.1 cm³/mol. The number of nitrogens with one attached hydrogen (secondary N) is 1. The topological polar surface area (TPSA) is 21.3 Å². The van der Waals surface area contributed by atoms with Crippen molar-refractivity contribution in [2.24, 2.45) is 11.8 Å². The van der Waals surface area contributed by atoms with Crippen molar-refractivity contribution in [1.82, 2.24) is 5.32 Å². The van der Waals surface area contributed by atoms with Gasteiger partial charge in [-0.2, -0.15) is 0 Å². The van der Waals surface area contributed by atoms with E-state index in [1.165, 1.54) is 25.7 Å². The van der Waals surface area contributed by atoms with Crippen LogP contribution >= 0.6 is 0 Å². The van der Waals surface area contributed by atoms with Gasteiger partial charge in [-0.3, -0.25) is 0 Å². The van der Waals surface area contributed by atoms with Crippen LogP contribution in [-0.2, 0) is 4.74 Å². The number of ether oxygens (including phenoxy) is 1. The first-order chi connectivity index (χ1) is 7.18. The second-order valence-corrected chi connectivity index (χ2v) is 5.33. The first kappa shape index (κ1) is 13.0. The lowest BCUT2D eigenvalue weighted by molar-refractivity contribution is 0.123. The Morgan fingerprint density at radius 3 is 2.53 bits per heavy atom. The minimum absolute atomic E-state index is 0.672. The Bertz CT molecular complexity index is 155. The van der Waals surface area contributed by atoms with Crippen LogP contribution in [0.4, 0.5) is 0 Å². The minimum Gasteiger partial charge on any atom is -0.380 e. The summed E-state index contributed by atoms with van der Waals surface area (Å²) in [5.74, 6) is 1.78. The van der Waals surface area contributed by atoms with Gasteiger partial charge in [0.1, 0.15) is 0 Å². The summed E-state index contributed by atoms with van der Waals surface area (Å²) >= 11 is 0. The first-order valence-electron chi connectivity index (χ1n) is 6.49. The molecule has 1 atom stereocenters. The van der Waals surface area contributed by atoms with Gasteiger partial charge in [0.25, 0.3) is 0 Å². The van der Waals surface area contributed by atoms with E-state index in [1.54, 1.807) is 0 Å². The minimum atomic E-state index is 0.672.